The minimum Gasteiger partial charge on any atom is -0.494 e. The van der Waals surface area contributed by atoms with Crippen LogP contribution in [0.1, 0.15) is 67.0 Å². The Morgan fingerprint density at radius 1 is 0.868 bits per heavy atom. The molecule has 0 radical (unpaired) electrons. The van der Waals surface area contributed by atoms with Crippen molar-refractivity contribution in [2.45, 2.75) is 54.2 Å². The van der Waals surface area contributed by atoms with Crippen molar-refractivity contribution in [1.29, 1.82) is 0 Å². The van der Waals surface area contributed by atoms with Crippen LogP contribution in [0.15, 0.2) is 48.5 Å². The molecule has 0 saturated carbocycles. The second-order valence-corrected chi connectivity index (χ2v) is 14.7. The van der Waals surface area contributed by atoms with Crippen LogP contribution in [0.2, 0.25) is 0 Å². The summed E-state index contributed by atoms with van der Waals surface area (Å²) in [5.74, 6) is -1.46. The van der Waals surface area contributed by atoms with Gasteiger partial charge in [0.2, 0.25) is 0 Å². The van der Waals surface area contributed by atoms with E-state index >= 15 is 0 Å². The number of hydrogen-bond donors (Lipinski definition) is 2. The molecule has 0 aliphatic heterocycles. The van der Waals surface area contributed by atoms with Crippen molar-refractivity contribution >= 4 is 43.8 Å². The van der Waals surface area contributed by atoms with Gasteiger partial charge < -0.3 is 19.7 Å². The van der Waals surface area contributed by atoms with E-state index in [1.807, 2.05) is 48.5 Å². The molecular formula is C29H29Br2NO6. The fraction of sp³-hybridized carbons (Fsp3) is 0.379. The van der Waals surface area contributed by atoms with Gasteiger partial charge in [0.05, 0.1) is 12.0 Å². The minimum atomic E-state index is -1.05. The normalized spacial score (nSPS) is 19.4. The molecule has 1 heterocycles. The summed E-state index contributed by atoms with van der Waals surface area (Å²) in [6.07, 6.45) is 0. The van der Waals surface area contributed by atoms with Crippen molar-refractivity contribution in [3.8, 4) is 11.8 Å². The molecule has 0 saturated heterocycles. The Balaban J connectivity index is 1.67. The summed E-state index contributed by atoms with van der Waals surface area (Å²) in [7, 11) is 0. The number of nitrogens with zero attached hydrogens (tertiary/aromatic N) is 1. The van der Waals surface area contributed by atoms with Gasteiger partial charge in [0.1, 0.15) is 21.9 Å². The van der Waals surface area contributed by atoms with Crippen LogP contribution in [0.25, 0.3) is 0 Å². The minimum absolute atomic E-state index is 0.0448. The van der Waals surface area contributed by atoms with Gasteiger partial charge in [-0.3, -0.25) is 14.2 Å². The first kappa shape index (κ1) is 26.8. The zero-order valence-electron chi connectivity index (χ0n) is 21.5. The Bertz CT molecular complexity index is 1400. The SMILES string of the molecule is CC(C)(Br)C(=O)OCCn1c(O)c2c(c1O)C1(COC(=O)C(C)(C)Br)c3ccccc3C2c2ccccc21. The summed E-state index contributed by atoms with van der Waals surface area (Å²) in [5, 5.41) is 23.2. The molecular weight excluding hydrogens is 618 g/mol. The number of hydrogen-bond acceptors (Lipinski definition) is 6. The van der Waals surface area contributed by atoms with Crippen LogP contribution < -0.4 is 0 Å². The summed E-state index contributed by atoms with van der Waals surface area (Å²) < 4.78 is 10.9. The molecule has 2 aromatic carbocycles. The molecule has 3 aromatic rings. The zero-order valence-corrected chi connectivity index (χ0v) is 24.7. The van der Waals surface area contributed by atoms with E-state index in [1.165, 1.54) is 4.57 Å². The standard InChI is InChI=1S/C29H29Br2NO6/c1-27(2,30)25(35)37-14-13-32-23(33)21-20-16-9-5-7-11-18(16)29(22(21)24(32)34,15-38-26(36)28(3,4)31)19-12-8-6-10-17(19)20/h5-12,20,33-34H,13-15H2,1-4H3. The second-order valence-electron chi connectivity index (χ2n) is 10.8. The van der Waals surface area contributed by atoms with Crippen molar-refractivity contribution in [3.05, 3.63) is 81.9 Å². The zero-order chi connectivity index (χ0) is 27.6. The smallest absolute Gasteiger partial charge is 0.322 e. The number of carbonyl (C=O) groups excluding carboxylic acids is 2. The molecule has 0 fully saturated rings. The van der Waals surface area contributed by atoms with Gasteiger partial charge in [-0.05, 0) is 49.9 Å². The molecule has 6 rings (SSSR count). The third-order valence-electron chi connectivity index (χ3n) is 7.36. The van der Waals surface area contributed by atoms with Crippen LogP contribution in [-0.2, 0) is 31.0 Å². The highest BCUT2D eigenvalue weighted by Gasteiger charge is 2.57. The van der Waals surface area contributed by atoms with Gasteiger partial charge in [0.25, 0.3) is 0 Å². The number of rotatable bonds is 7. The number of benzene rings is 2. The molecule has 38 heavy (non-hydrogen) atoms. The molecule has 3 aliphatic rings. The van der Waals surface area contributed by atoms with Gasteiger partial charge in [0, 0.05) is 17.0 Å². The van der Waals surface area contributed by atoms with E-state index in [0.717, 1.165) is 22.3 Å². The molecule has 0 unspecified atom stereocenters. The summed E-state index contributed by atoms with van der Waals surface area (Å²) in [6, 6.07) is 15.7. The van der Waals surface area contributed by atoms with E-state index in [4.69, 9.17) is 9.47 Å². The van der Waals surface area contributed by atoms with E-state index in [-0.39, 0.29) is 37.4 Å². The maximum atomic E-state index is 12.9. The number of aromatic nitrogens is 1. The number of halogens is 2. The van der Waals surface area contributed by atoms with E-state index in [0.29, 0.717) is 11.1 Å². The molecule has 2 bridgehead atoms. The number of ether oxygens (including phenoxy) is 2. The second kappa shape index (κ2) is 9.16. The van der Waals surface area contributed by atoms with Crippen LogP contribution in [-0.4, -0.2) is 48.6 Å². The van der Waals surface area contributed by atoms with Gasteiger partial charge in [0.15, 0.2) is 11.8 Å². The third-order valence-corrected chi connectivity index (χ3v) is 8.01. The first-order valence-electron chi connectivity index (χ1n) is 12.4. The fourth-order valence-corrected chi connectivity index (χ4v) is 5.89. The molecule has 200 valence electrons. The van der Waals surface area contributed by atoms with Gasteiger partial charge >= 0.3 is 11.9 Å². The molecule has 0 atom stereocenters. The van der Waals surface area contributed by atoms with Crippen LogP contribution in [0.4, 0.5) is 0 Å². The maximum absolute atomic E-state index is 12.9. The van der Waals surface area contributed by atoms with E-state index in [9.17, 15) is 19.8 Å². The Labute approximate surface area is 238 Å². The maximum Gasteiger partial charge on any atom is 0.322 e. The first-order chi connectivity index (χ1) is 17.8. The van der Waals surface area contributed by atoms with Crippen LogP contribution in [0, 0.1) is 0 Å². The summed E-state index contributed by atoms with van der Waals surface area (Å²) in [5.41, 5.74) is 3.81. The molecule has 0 spiro atoms. The summed E-state index contributed by atoms with van der Waals surface area (Å²) in [4.78, 5) is 25.2. The Morgan fingerprint density at radius 2 is 1.37 bits per heavy atom. The lowest BCUT2D eigenvalue weighted by atomic mass is 9.54. The van der Waals surface area contributed by atoms with Crippen molar-refractivity contribution in [2.75, 3.05) is 13.2 Å². The highest BCUT2D eigenvalue weighted by Crippen LogP contribution is 2.64. The van der Waals surface area contributed by atoms with Crippen LogP contribution in [0.3, 0.4) is 0 Å². The summed E-state index contributed by atoms with van der Waals surface area (Å²) in [6.45, 7) is 6.73. The van der Waals surface area contributed by atoms with Crippen molar-refractivity contribution in [2.24, 2.45) is 0 Å². The van der Waals surface area contributed by atoms with E-state index in [2.05, 4.69) is 31.9 Å². The highest BCUT2D eigenvalue weighted by molar-refractivity contribution is 9.10. The third kappa shape index (κ3) is 3.97. The Morgan fingerprint density at radius 3 is 1.89 bits per heavy atom. The van der Waals surface area contributed by atoms with E-state index in [1.54, 1.807) is 27.7 Å². The molecule has 2 N–H and O–H groups in total. The number of esters is 2. The van der Waals surface area contributed by atoms with Crippen LogP contribution in [0.5, 0.6) is 11.8 Å². The fourth-order valence-electron chi connectivity index (χ4n) is 5.66. The van der Waals surface area contributed by atoms with Gasteiger partial charge in [-0.15, -0.1) is 0 Å². The predicted octanol–water partition coefficient (Wildman–Crippen LogP) is 5.47. The monoisotopic (exact) mass is 645 g/mol. The van der Waals surface area contributed by atoms with E-state index < -0.39 is 26.0 Å². The lowest BCUT2D eigenvalue weighted by Gasteiger charge is -2.48. The van der Waals surface area contributed by atoms with Crippen molar-refractivity contribution in [1.82, 2.24) is 4.57 Å². The quantitative estimate of drug-likeness (QED) is 0.261. The summed E-state index contributed by atoms with van der Waals surface area (Å²) >= 11 is 6.67. The Hall–Kier alpha value is -2.78. The van der Waals surface area contributed by atoms with Crippen molar-refractivity contribution < 1.29 is 29.3 Å². The first-order valence-corrected chi connectivity index (χ1v) is 13.9. The largest absolute Gasteiger partial charge is 0.494 e. The predicted molar refractivity (Wildman–Crippen MR) is 149 cm³/mol. The number of carbonyl (C=O) groups is 2. The lowest BCUT2D eigenvalue weighted by Crippen LogP contribution is -2.46. The number of alkyl halides is 2. The topological polar surface area (TPSA) is 98.0 Å². The molecule has 9 heteroatoms. The average molecular weight is 647 g/mol. The molecule has 3 aliphatic carbocycles. The lowest BCUT2D eigenvalue weighted by molar-refractivity contribution is -0.147. The van der Waals surface area contributed by atoms with Gasteiger partial charge in [-0.2, -0.15) is 0 Å². The van der Waals surface area contributed by atoms with Crippen molar-refractivity contribution in [3.63, 3.8) is 0 Å². The van der Waals surface area contributed by atoms with Crippen LogP contribution >= 0.6 is 31.9 Å². The molecule has 1 aromatic heterocycles. The molecule has 7 nitrogen and oxygen atoms in total. The van der Waals surface area contributed by atoms with Gasteiger partial charge in [-0.1, -0.05) is 80.4 Å². The Kier molecular flexibility index (Phi) is 6.46. The highest BCUT2D eigenvalue weighted by atomic mass is 79.9. The molecule has 0 amide bonds. The van der Waals surface area contributed by atoms with Gasteiger partial charge in [-0.25, -0.2) is 0 Å². The number of aromatic hydroxyl groups is 2. The average Bonchev–Trinajstić information content (AvgIpc) is 3.12.